The van der Waals surface area contributed by atoms with Crippen LogP contribution in [0.25, 0.3) is 5.57 Å². The fourth-order valence-corrected chi connectivity index (χ4v) is 3.74. The number of aryl methyl sites for hydroxylation is 1. The fourth-order valence-electron chi connectivity index (χ4n) is 3.51. The second-order valence-electron chi connectivity index (χ2n) is 6.89. The standard InChI is InChI=1S/C25H27ClN2.ClH/c1-5-27-23-13-11-19(15-17(23)3)25(21-9-7-8-10-22(21)26)20-12-14-24(28-6-2)18(4)16-20;/h7-16,27H,5-6H2,1-4H3;1H/b25-20+,28-24-;. The summed E-state index contributed by atoms with van der Waals surface area (Å²) in [6, 6.07) is 14.6. The molecule has 0 aliphatic heterocycles. The molecule has 0 atom stereocenters. The lowest BCUT2D eigenvalue weighted by Gasteiger charge is -2.18. The molecule has 0 fully saturated rings. The average Bonchev–Trinajstić information content (AvgIpc) is 2.68. The Labute approximate surface area is 185 Å². The maximum atomic E-state index is 6.61. The van der Waals surface area contributed by atoms with Gasteiger partial charge in [0.25, 0.3) is 0 Å². The van der Waals surface area contributed by atoms with Crippen LogP contribution < -0.4 is 5.32 Å². The van der Waals surface area contributed by atoms with E-state index in [9.17, 15) is 0 Å². The lowest BCUT2D eigenvalue weighted by Crippen LogP contribution is -2.04. The molecule has 152 valence electrons. The predicted octanol–water partition coefficient (Wildman–Crippen LogP) is 7.28. The first kappa shape index (κ1) is 23.0. The highest BCUT2D eigenvalue weighted by Gasteiger charge is 2.16. The molecule has 0 radical (unpaired) electrons. The van der Waals surface area contributed by atoms with Gasteiger partial charge in [-0.05, 0) is 85.9 Å². The lowest BCUT2D eigenvalue weighted by molar-refractivity contribution is 1.13. The van der Waals surface area contributed by atoms with Crippen molar-refractivity contribution in [1.29, 1.82) is 0 Å². The third-order valence-corrected chi connectivity index (χ3v) is 5.17. The Kier molecular flexibility index (Phi) is 8.31. The first-order valence-electron chi connectivity index (χ1n) is 9.80. The van der Waals surface area contributed by atoms with Gasteiger partial charge in [-0.2, -0.15) is 0 Å². The number of nitrogens with zero attached hydrogens (tertiary/aromatic N) is 1. The van der Waals surface area contributed by atoms with Gasteiger partial charge < -0.3 is 5.32 Å². The van der Waals surface area contributed by atoms with Crippen molar-refractivity contribution in [2.45, 2.75) is 27.7 Å². The number of benzene rings is 2. The second-order valence-corrected chi connectivity index (χ2v) is 7.30. The van der Waals surface area contributed by atoms with Gasteiger partial charge in [-0.25, -0.2) is 0 Å². The molecule has 1 N–H and O–H groups in total. The third kappa shape index (κ3) is 5.20. The van der Waals surface area contributed by atoms with Gasteiger partial charge in [-0.3, -0.25) is 4.99 Å². The number of aliphatic imine (C=N–C) groups is 1. The summed E-state index contributed by atoms with van der Waals surface area (Å²) < 4.78 is 0. The molecule has 4 heteroatoms. The SMILES string of the molecule is CC/N=C1C=C/C(=C(/c2ccc(NCC)c(C)c2)c2ccccc2Cl)C=C/1C.Cl. The Morgan fingerprint density at radius 2 is 1.79 bits per heavy atom. The van der Waals surface area contributed by atoms with Crippen LogP contribution in [0.4, 0.5) is 5.69 Å². The number of rotatable bonds is 5. The number of hydrogen-bond acceptors (Lipinski definition) is 2. The Morgan fingerprint density at radius 3 is 2.41 bits per heavy atom. The molecule has 0 saturated carbocycles. The van der Waals surface area contributed by atoms with Gasteiger partial charge in [0.2, 0.25) is 0 Å². The van der Waals surface area contributed by atoms with Crippen LogP contribution >= 0.6 is 24.0 Å². The van der Waals surface area contributed by atoms with E-state index in [4.69, 9.17) is 11.6 Å². The molecule has 1 aliphatic rings. The highest BCUT2D eigenvalue weighted by molar-refractivity contribution is 6.32. The minimum absolute atomic E-state index is 0. The number of allylic oxidation sites excluding steroid dienone is 5. The molecule has 3 rings (SSSR count). The van der Waals surface area contributed by atoms with E-state index in [2.05, 4.69) is 80.5 Å². The van der Waals surface area contributed by atoms with Crippen LogP contribution in [0.3, 0.4) is 0 Å². The quantitative estimate of drug-likeness (QED) is 0.533. The zero-order valence-electron chi connectivity index (χ0n) is 17.4. The molecule has 29 heavy (non-hydrogen) atoms. The van der Waals surface area contributed by atoms with E-state index in [1.165, 1.54) is 11.1 Å². The molecule has 2 aromatic rings. The van der Waals surface area contributed by atoms with Crippen molar-refractivity contribution in [3.8, 4) is 0 Å². The summed E-state index contributed by atoms with van der Waals surface area (Å²) in [7, 11) is 0. The number of halogens is 2. The Hall–Kier alpha value is -2.29. The van der Waals surface area contributed by atoms with Crippen LogP contribution in [0.5, 0.6) is 0 Å². The average molecular weight is 427 g/mol. The van der Waals surface area contributed by atoms with Crippen LogP contribution in [0.2, 0.25) is 5.02 Å². The maximum absolute atomic E-state index is 6.61. The molecule has 0 aromatic heterocycles. The van der Waals surface area contributed by atoms with Crippen molar-refractivity contribution >= 4 is 41.0 Å². The van der Waals surface area contributed by atoms with Crippen molar-refractivity contribution in [2.24, 2.45) is 4.99 Å². The van der Waals surface area contributed by atoms with Crippen molar-refractivity contribution in [3.05, 3.63) is 93.6 Å². The molecule has 0 saturated heterocycles. The van der Waals surface area contributed by atoms with E-state index in [1.54, 1.807) is 0 Å². The van der Waals surface area contributed by atoms with Crippen molar-refractivity contribution in [2.75, 3.05) is 18.4 Å². The van der Waals surface area contributed by atoms with Crippen LogP contribution in [-0.2, 0) is 0 Å². The molecule has 0 amide bonds. The Balaban J connectivity index is 0.00000300. The summed E-state index contributed by atoms with van der Waals surface area (Å²) in [5, 5.41) is 4.17. The predicted molar refractivity (Wildman–Crippen MR) is 131 cm³/mol. The van der Waals surface area contributed by atoms with Crippen molar-refractivity contribution < 1.29 is 0 Å². The van der Waals surface area contributed by atoms with Gasteiger partial charge in [0.05, 0.1) is 5.71 Å². The highest BCUT2D eigenvalue weighted by Crippen LogP contribution is 2.35. The van der Waals surface area contributed by atoms with Crippen LogP contribution in [0.1, 0.15) is 37.5 Å². The number of anilines is 1. The van der Waals surface area contributed by atoms with Crippen LogP contribution in [0.15, 0.2) is 76.8 Å². The van der Waals surface area contributed by atoms with E-state index in [1.807, 2.05) is 18.2 Å². The Bertz CT molecular complexity index is 998. The molecule has 0 spiro atoms. The summed E-state index contributed by atoms with van der Waals surface area (Å²) in [5.74, 6) is 0. The summed E-state index contributed by atoms with van der Waals surface area (Å²) in [6.45, 7) is 10.1. The molecule has 2 nitrogen and oxygen atoms in total. The first-order chi connectivity index (χ1) is 13.5. The molecule has 1 aliphatic carbocycles. The largest absolute Gasteiger partial charge is 0.385 e. The number of hydrogen-bond donors (Lipinski definition) is 1. The van der Waals surface area contributed by atoms with Gasteiger partial charge >= 0.3 is 0 Å². The van der Waals surface area contributed by atoms with Crippen molar-refractivity contribution in [1.82, 2.24) is 0 Å². The fraction of sp³-hybridized carbons (Fsp3) is 0.240. The van der Waals surface area contributed by atoms with Gasteiger partial charge in [0, 0.05) is 29.4 Å². The summed E-state index contributed by atoms with van der Waals surface area (Å²) in [5.41, 5.74) is 9.09. The summed E-state index contributed by atoms with van der Waals surface area (Å²) >= 11 is 6.61. The maximum Gasteiger partial charge on any atom is 0.0603 e. The van der Waals surface area contributed by atoms with Gasteiger partial charge in [-0.15, -0.1) is 12.4 Å². The Morgan fingerprint density at radius 1 is 1.03 bits per heavy atom. The topological polar surface area (TPSA) is 24.4 Å². The van der Waals surface area contributed by atoms with E-state index < -0.39 is 0 Å². The molecular formula is C25H28Cl2N2. The lowest BCUT2D eigenvalue weighted by atomic mass is 9.88. The molecule has 0 unspecified atom stereocenters. The zero-order valence-corrected chi connectivity index (χ0v) is 19.0. The van der Waals surface area contributed by atoms with Gasteiger partial charge in [0.15, 0.2) is 0 Å². The van der Waals surface area contributed by atoms with E-state index in [0.717, 1.165) is 51.8 Å². The van der Waals surface area contributed by atoms with E-state index in [-0.39, 0.29) is 12.4 Å². The molecule has 0 heterocycles. The highest BCUT2D eigenvalue weighted by atomic mass is 35.5. The molecular weight excluding hydrogens is 399 g/mol. The minimum atomic E-state index is 0. The summed E-state index contributed by atoms with van der Waals surface area (Å²) in [4.78, 5) is 4.57. The smallest absolute Gasteiger partial charge is 0.0603 e. The second kappa shape index (κ2) is 10.5. The minimum Gasteiger partial charge on any atom is -0.385 e. The summed E-state index contributed by atoms with van der Waals surface area (Å²) in [6.07, 6.45) is 6.46. The van der Waals surface area contributed by atoms with E-state index in [0.29, 0.717) is 0 Å². The molecule has 0 bridgehead atoms. The zero-order chi connectivity index (χ0) is 20.1. The normalized spacial score (nSPS) is 16.3. The third-order valence-electron chi connectivity index (χ3n) is 4.84. The van der Waals surface area contributed by atoms with Crippen molar-refractivity contribution in [3.63, 3.8) is 0 Å². The van der Waals surface area contributed by atoms with Gasteiger partial charge in [0.1, 0.15) is 0 Å². The number of nitrogens with one attached hydrogen (secondary N) is 1. The van der Waals surface area contributed by atoms with Gasteiger partial charge in [-0.1, -0.05) is 41.9 Å². The first-order valence-corrected chi connectivity index (χ1v) is 10.2. The van der Waals surface area contributed by atoms with E-state index >= 15 is 0 Å². The van der Waals surface area contributed by atoms with Crippen LogP contribution in [-0.4, -0.2) is 18.8 Å². The monoisotopic (exact) mass is 426 g/mol. The van der Waals surface area contributed by atoms with Crippen LogP contribution in [0, 0.1) is 6.92 Å². The molecule has 2 aromatic carbocycles.